The smallest absolute Gasteiger partial charge is 0.217 e. The van der Waals surface area contributed by atoms with Crippen LogP contribution >= 0.6 is 11.8 Å². The van der Waals surface area contributed by atoms with Gasteiger partial charge in [0.05, 0.1) is 6.61 Å². The molecule has 94 valence electrons. The number of nitrogens with zero attached hydrogens (tertiary/aromatic N) is 2. The largest absolute Gasteiger partial charge is 0.477 e. The Morgan fingerprint density at radius 3 is 3.00 bits per heavy atom. The lowest BCUT2D eigenvalue weighted by molar-refractivity contribution is 0.156. The molecule has 0 bridgehead atoms. The van der Waals surface area contributed by atoms with Crippen LogP contribution in [0.25, 0.3) is 0 Å². The number of rotatable bonds is 4. The zero-order valence-corrected chi connectivity index (χ0v) is 11.6. The summed E-state index contributed by atoms with van der Waals surface area (Å²) in [5.74, 6) is 1.35. The maximum Gasteiger partial charge on any atom is 0.217 e. The minimum atomic E-state index is 0.412. The summed E-state index contributed by atoms with van der Waals surface area (Å²) >= 11 is 1.54. The van der Waals surface area contributed by atoms with E-state index in [-0.39, 0.29) is 0 Å². The monoisotopic (exact) mass is 252 g/mol. The summed E-state index contributed by atoms with van der Waals surface area (Å²) in [5, 5.41) is 0.771. The summed E-state index contributed by atoms with van der Waals surface area (Å²) in [6.07, 6.45) is 7.63. The fourth-order valence-corrected chi connectivity index (χ4v) is 2.75. The van der Waals surface area contributed by atoms with Crippen LogP contribution < -0.4 is 4.74 Å². The average Bonchev–Trinajstić information content (AvgIpc) is 2.66. The Labute approximate surface area is 107 Å². The van der Waals surface area contributed by atoms with Crippen molar-refractivity contribution >= 4 is 11.8 Å². The van der Waals surface area contributed by atoms with Crippen LogP contribution in [0, 0.1) is 11.3 Å². The molecule has 1 aromatic heterocycles. The van der Waals surface area contributed by atoms with E-state index in [1.54, 1.807) is 6.20 Å². The molecule has 0 aromatic carbocycles. The van der Waals surface area contributed by atoms with Gasteiger partial charge in [0.1, 0.15) is 0 Å². The van der Waals surface area contributed by atoms with Gasteiger partial charge < -0.3 is 4.74 Å². The second kappa shape index (κ2) is 5.25. The summed E-state index contributed by atoms with van der Waals surface area (Å²) in [4.78, 5) is 8.47. The maximum atomic E-state index is 5.80. The van der Waals surface area contributed by atoms with Gasteiger partial charge in [-0.1, -0.05) is 32.0 Å². The van der Waals surface area contributed by atoms with Gasteiger partial charge in [-0.3, -0.25) is 0 Å². The lowest BCUT2D eigenvalue weighted by Crippen LogP contribution is -2.23. The summed E-state index contributed by atoms with van der Waals surface area (Å²) in [7, 11) is 0. The summed E-state index contributed by atoms with van der Waals surface area (Å²) in [6, 6.07) is 1.83. The molecule has 1 heterocycles. The fourth-order valence-electron chi connectivity index (χ4n) is 2.40. The molecule has 0 aliphatic heterocycles. The second-order valence-corrected chi connectivity index (χ2v) is 6.04. The first kappa shape index (κ1) is 12.7. The lowest BCUT2D eigenvalue weighted by atomic mass is 9.82. The molecule has 0 radical (unpaired) electrons. The molecule has 4 heteroatoms. The predicted molar refractivity (Wildman–Crippen MR) is 70.4 cm³/mol. The zero-order valence-electron chi connectivity index (χ0n) is 10.8. The highest BCUT2D eigenvalue weighted by atomic mass is 32.2. The van der Waals surface area contributed by atoms with Crippen molar-refractivity contribution in [1.82, 2.24) is 9.97 Å². The highest BCUT2D eigenvalue weighted by Crippen LogP contribution is 2.42. The van der Waals surface area contributed by atoms with E-state index in [0.29, 0.717) is 17.2 Å². The third-order valence-electron chi connectivity index (χ3n) is 3.70. The third-order valence-corrected chi connectivity index (χ3v) is 4.26. The molecular formula is C13H20N2OS. The first-order chi connectivity index (χ1) is 8.12. The van der Waals surface area contributed by atoms with E-state index < -0.39 is 0 Å². The van der Waals surface area contributed by atoms with Gasteiger partial charge in [0, 0.05) is 12.3 Å². The number of aromatic nitrogens is 2. The van der Waals surface area contributed by atoms with Gasteiger partial charge in [-0.2, -0.15) is 4.98 Å². The van der Waals surface area contributed by atoms with Crippen LogP contribution in [0.1, 0.15) is 33.1 Å². The van der Waals surface area contributed by atoms with E-state index in [9.17, 15) is 0 Å². The Bertz CT molecular complexity index is 381. The maximum absolute atomic E-state index is 5.80. The molecular weight excluding hydrogens is 232 g/mol. The van der Waals surface area contributed by atoms with Crippen LogP contribution in [0.3, 0.4) is 0 Å². The normalized spacial score (nSPS) is 22.6. The van der Waals surface area contributed by atoms with Crippen LogP contribution in [-0.2, 0) is 0 Å². The number of hydrogen-bond acceptors (Lipinski definition) is 4. The Hall–Kier alpha value is -0.770. The van der Waals surface area contributed by atoms with Crippen LogP contribution in [0.2, 0.25) is 0 Å². The van der Waals surface area contributed by atoms with Crippen LogP contribution in [0.15, 0.2) is 17.4 Å². The molecule has 0 spiro atoms. The van der Waals surface area contributed by atoms with Crippen LogP contribution in [0.5, 0.6) is 5.88 Å². The van der Waals surface area contributed by atoms with Gasteiger partial charge in [-0.25, -0.2) is 4.98 Å². The SMILES string of the molecule is CSc1nccc(OC[C@H]2CCCC2(C)C)n1. The minimum Gasteiger partial charge on any atom is -0.477 e. The molecule has 1 saturated carbocycles. The van der Waals surface area contributed by atoms with E-state index in [1.807, 2.05) is 12.3 Å². The first-order valence-corrected chi connectivity index (χ1v) is 7.34. The second-order valence-electron chi connectivity index (χ2n) is 5.27. The van der Waals surface area contributed by atoms with E-state index >= 15 is 0 Å². The van der Waals surface area contributed by atoms with Gasteiger partial charge in [-0.15, -0.1) is 0 Å². The average molecular weight is 252 g/mol. The summed E-state index contributed by atoms with van der Waals surface area (Å²) in [5.41, 5.74) is 0.412. The van der Waals surface area contributed by atoms with Crippen molar-refractivity contribution in [3.8, 4) is 5.88 Å². The van der Waals surface area contributed by atoms with Crippen LogP contribution in [0.4, 0.5) is 0 Å². The predicted octanol–water partition coefficient (Wildman–Crippen LogP) is 3.40. The van der Waals surface area contributed by atoms with E-state index in [4.69, 9.17) is 4.74 Å². The topological polar surface area (TPSA) is 35.0 Å². The molecule has 0 N–H and O–H groups in total. The summed E-state index contributed by atoms with van der Waals surface area (Å²) in [6.45, 7) is 5.44. The molecule has 1 aliphatic rings. The van der Waals surface area contributed by atoms with Gasteiger partial charge >= 0.3 is 0 Å². The highest BCUT2D eigenvalue weighted by molar-refractivity contribution is 7.98. The van der Waals surface area contributed by atoms with Gasteiger partial charge in [0.2, 0.25) is 5.88 Å². The third kappa shape index (κ3) is 3.12. The summed E-state index contributed by atoms with van der Waals surface area (Å²) < 4.78 is 5.80. The molecule has 17 heavy (non-hydrogen) atoms. The first-order valence-electron chi connectivity index (χ1n) is 6.11. The highest BCUT2D eigenvalue weighted by Gasteiger charge is 2.34. The Morgan fingerprint density at radius 2 is 2.35 bits per heavy atom. The van der Waals surface area contributed by atoms with Gasteiger partial charge in [-0.05, 0) is 30.4 Å². The van der Waals surface area contributed by atoms with E-state index in [0.717, 1.165) is 11.8 Å². The number of thioether (sulfide) groups is 1. The molecule has 0 saturated heterocycles. The Balaban J connectivity index is 1.93. The fraction of sp³-hybridized carbons (Fsp3) is 0.692. The van der Waals surface area contributed by atoms with Crippen molar-refractivity contribution in [2.24, 2.45) is 11.3 Å². The van der Waals surface area contributed by atoms with Crippen molar-refractivity contribution in [2.45, 2.75) is 38.3 Å². The minimum absolute atomic E-state index is 0.412. The van der Waals surface area contributed by atoms with Crippen molar-refractivity contribution < 1.29 is 4.74 Å². The molecule has 0 amide bonds. The number of ether oxygens (including phenoxy) is 1. The van der Waals surface area contributed by atoms with E-state index in [1.165, 1.54) is 31.0 Å². The quantitative estimate of drug-likeness (QED) is 0.607. The van der Waals surface area contributed by atoms with Crippen molar-refractivity contribution in [2.75, 3.05) is 12.9 Å². The Morgan fingerprint density at radius 1 is 1.53 bits per heavy atom. The van der Waals surface area contributed by atoms with Crippen molar-refractivity contribution in [3.05, 3.63) is 12.3 Å². The van der Waals surface area contributed by atoms with E-state index in [2.05, 4.69) is 23.8 Å². The van der Waals surface area contributed by atoms with Crippen LogP contribution in [-0.4, -0.2) is 22.8 Å². The number of hydrogen-bond donors (Lipinski definition) is 0. The van der Waals surface area contributed by atoms with Crippen molar-refractivity contribution in [1.29, 1.82) is 0 Å². The standard InChI is InChI=1S/C13H20N2OS/c1-13(2)7-4-5-10(13)9-16-11-6-8-14-12(15-11)17-3/h6,8,10H,4-5,7,9H2,1-3H3/t10-/m1/s1. The molecule has 1 aliphatic carbocycles. The molecule has 1 atom stereocenters. The molecule has 0 unspecified atom stereocenters. The molecule has 1 fully saturated rings. The van der Waals surface area contributed by atoms with Gasteiger partial charge in [0.15, 0.2) is 5.16 Å². The Kier molecular flexibility index (Phi) is 3.92. The zero-order chi connectivity index (χ0) is 12.3. The lowest BCUT2D eigenvalue weighted by Gasteiger charge is -2.26. The van der Waals surface area contributed by atoms with Gasteiger partial charge in [0.25, 0.3) is 0 Å². The molecule has 1 aromatic rings. The van der Waals surface area contributed by atoms with Crippen molar-refractivity contribution in [3.63, 3.8) is 0 Å². The molecule has 3 nitrogen and oxygen atoms in total. The molecule has 2 rings (SSSR count).